The van der Waals surface area contributed by atoms with E-state index in [0.29, 0.717) is 33.6 Å². The Hall–Kier alpha value is -5.44. The maximum Gasteiger partial charge on any atom is 0.124 e. The van der Waals surface area contributed by atoms with Crippen molar-refractivity contribution in [2.45, 2.75) is 13.1 Å². The van der Waals surface area contributed by atoms with Crippen LogP contribution < -0.4 is 21.4 Å². The summed E-state index contributed by atoms with van der Waals surface area (Å²) in [5.74, 6) is 0.611. The molecular weight excluding hydrogens is 596 g/mol. The summed E-state index contributed by atoms with van der Waals surface area (Å²) in [6.07, 6.45) is 4.22. The molecule has 0 spiro atoms. The van der Waals surface area contributed by atoms with Crippen molar-refractivity contribution in [1.82, 2.24) is 19.9 Å². The second kappa shape index (κ2) is 11.7. The molecule has 244 valence electrons. The summed E-state index contributed by atoms with van der Waals surface area (Å²) < 4.78 is 1.41. The van der Waals surface area contributed by atoms with Crippen molar-refractivity contribution >= 4 is 23.3 Å². The SMILES string of the molecule is C[N+](C)(C)Cc1cc(C2=c3ccc([nH]3)=Cc3ccc([nH]3)C(c3ccc(O)c(C[N+](C)(C)C)c3)=c3ccc([nH]3)=Cc3ccc2[nH]3)ccc1O. The number of aromatic amines is 4. The molecule has 8 nitrogen and oxygen atoms in total. The Morgan fingerprint density at radius 2 is 0.896 bits per heavy atom. The quantitative estimate of drug-likeness (QED) is 0.157. The molecule has 0 atom stereocenters. The maximum atomic E-state index is 10.7. The summed E-state index contributed by atoms with van der Waals surface area (Å²) in [5.41, 5.74) is 9.75. The Kier molecular flexibility index (Phi) is 7.58. The minimum Gasteiger partial charge on any atom is -0.507 e. The van der Waals surface area contributed by atoms with E-state index in [1.165, 1.54) is 0 Å². The van der Waals surface area contributed by atoms with Crippen LogP contribution in [0.3, 0.4) is 0 Å². The second-order valence-electron chi connectivity index (χ2n) is 14.9. The molecule has 0 saturated heterocycles. The second-order valence-corrected chi connectivity index (χ2v) is 14.9. The molecule has 48 heavy (non-hydrogen) atoms. The zero-order valence-electron chi connectivity index (χ0n) is 28.4. The number of phenolic OH excluding ortho intramolecular Hbond substituents is 2. The van der Waals surface area contributed by atoms with Crippen LogP contribution in [0.1, 0.15) is 45.0 Å². The Bertz CT molecular complexity index is 2230. The maximum absolute atomic E-state index is 10.7. The monoisotopic (exact) mass is 640 g/mol. The molecule has 5 heterocycles. The summed E-state index contributed by atoms with van der Waals surface area (Å²) >= 11 is 0. The van der Waals surface area contributed by atoms with E-state index in [4.69, 9.17) is 0 Å². The summed E-state index contributed by atoms with van der Waals surface area (Å²) in [4.78, 5) is 14.6. The van der Waals surface area contributed by atoms with Gasteiger partial charge in [0.2, 0.25) is 0 Å². The zero-order chi connectivity index (χ0) is 33.8. The van der Waals surface area contributed by atoms with Gasteiger partial charge in [-0.3, -0.25) is 0 Å². The van der Waals surface area contributed by atoms with Gasteiger partial charge in [-0.2, -0.15) is 0 Å². The average molecular weight is 641 g/mol. The minimum absolute atomic E-state index is 0.305. The van der Waals surface area contributed by atoms with Gasteiger partial charge in [-0.05, 0) is 96.1 Å². The van der Waals surface area contributed by atoms with Crippen molar-refractivity contribution in [2.24, 2.45) is 0 Å². The molecule has 4 aromatic heterocycles. The fourth-order valence-electron chi connectivity index (χ4n) is 6.57. The fraction of sp³-hybridized carbons (Fsp3) is 0.200. The van der Waals surface area contributed by atoms with Crippen LogP contribution in [0.25, 0.3) is 23.3 Å². The topological polar surface area (TPSA) is 104 Å². The minimum atomic E-state index is 0.305. The molecule has 1 aliphatic rings. The molecule has 0 saturated carbocycles. The number of hydrogen-bond acceptors (Lipinski definition) is 2. The number of fused-ring (bicyclic) bond motifs is 8. The molecule has 6 N–H and O–H groups in total. The third-order valence-electron chi connectivity index (χ3n) is 8.56. The predicted octanol–water partition coefficient (Wildman–Crippen LogP) is 3.29. The number of rotatable bonds is 6. The third kappa shape index (κ3) is 6.53. The number of aromatic hydroxyl groups is 2. The molecule has 8 bridgehead atoms. The van der Waals surface area contributed by atoms with Gasteiger partial charge in [0.05, 0.1) is 42.3 Å². The van der Waals surface area contributed by atoms with Crippen LogP contribution in [0.15, 0.2) is 84.9 Å². The highest BCUT2D eigenvalue weighted by Gasteiger charge is 2.18. The van der Waals surface area contributed by atoms with E-state index in [1.807, 2.05) is 12.1 Å². The molecule has 2 aromatic carbocycles. The van der Waals surface area contributed by atoms with Crippen molar-refractivity contribution in [3.8, 4) is 11.5 Å². The predicted molar refractivity (Wildman–Crippen MR) is 192 cm³/mol. The summed E-state index contributed by atoms with van der Waals surface area (Å²) in [6.45, 7) is 1.40. The van der Waals surface area contributed by atoms with Crippen LogP contribution in [0, 0.1) is 0 Å². The van der Waals surface area contributed by atoms with Crippen molar-refractivity contribution < 1.29 is 19.2 Å². The Labute approximate surface area is 280 Å². The van der Waals surface area contributed by atoms with Crippen LogP contribution in [0.2, 0.25) is 0 Å². The molecule has 0 amide bonds. The van der Waals surface area contributed by atoms with Gasteiger partial charge in [0.25, 0.3) is 0 Å². The summed E-state index contributed by atoms with van der Waals surface area (Å²) in [7, 11) is 12.7. The number of benzene rings is 2. The number of H-pyrrole nitrogens is 4. The van der Waals surface area contributed by atoms with Gasteiger partial charge in [0.15, 0.2) is 0 Å². The number of quaternary nitrogens is 2. The smallest absolute Gasteiger partial charge is 0.124 e. The number of nitrogens with one attached hydrogen (secondary N) is 4. The first kappa shape index (κ1) is 31.2. The molecule has 0 radical (unpaired) electrons. The van der Waals surface area contributed by atoms with Gasteiger partial charge in [-0.15, -0.1) is 0 Å². The number of phenols is 2. The van der Waals surface area contributed by atoms with Crippen LogP contribution in [-0.2, 0) is 13.1 Å². The molecule has 0 fully saturated rings. The van der Waals surface area contributed by atoms with Gasteiger partial charge < -0.3 is 39.1 Å². The molecule has 0 aliphatic carbocycles. The first-order valence-corrected chi connectivity index (χ1v) is 16.2. The van der Waals surface area contributed by atoms with Crippen molar-refractivity contribution in [1.29, 1.82) is 0 Å². The largest absolute Gasteiger partial charge is 0.507 e. The average Bonchev–Trinajstić information content (AvgIpc) is 3.81. The standard InChI is InChI=1S/C40H42N6O2/c1-45(2,3)23-27-19-25(7-17-37(27)47)39-33-13-9-29(41-33)21-31-11-15-35(43-31)40(26-8-18-38(48)28(20-26)24-46(4,5)6)36-16-12-32(44-36)22-30-10-14-34(39)42-30/h7-22,41-44H,23-24H2,1-6H3/p+2. The lowest BCUT2D eigenvalue weighted by molar-refractivity contribution is -0.884. The van der Waals surface area contributed by atoms with E-state index in [9.17, 15) is 10.2 Å². The number of aromatic nitrogens is 4. The van der Waals surface area contributed by atoms with E-state index in [2.05, 4.69) is 135 Å². The first-order chi connectivity index (χ1) is 22.8. The molecule has 0 unspecified atom stereocenters. The molecule has 6 aromatic rings. The third-order valence-corrected chi connectivity index (χ3v) is 8.56. The van der Waals surface area contributed by atoms with Gasteiger partial charge in [-0.1, -0.05) is 12.1 Å². The van der Waals surface area contributed by atoms with E-state index >= 15 is 0 Å². The molecule has 1 aliphatic heterocycles. The lowest BCUT2D eigenvalue weighted by Gasteiger charge is -2.24. The lowest BCUT2D eigenvalue weighted by Crippen LogP contribution is -2.33. The van der Waals surface area contributed by atoms with Crippen LogP contribution in [0.5, 0.6) is 11.5 Å². The number of nitrogens with zero attached hydrogens (tertiary/aromatic N) is 2. The van der Waals surface area contributed by atoms with Gasteiger partial charge in [-0.25, -0.2) is 0 Å². The van der Waals surface area contributed by atoms with Gasteiger partial charge in [0.1, 0.15) is 24.6 Å². The van der Waals surface area contributed by atoms with Crippen molar-refractivity contribution in [3.63, 3.8) is 0 Å². The molecule has 8 heteroatoms. The summed E-state index contributed by atoms with van der Waals surface area (Å²) in [5, 5.41) is 25.3. The highest BCUT2D eigenvalue weighted by Crippen LogP contribution is 2.29. The van der Waals surface area contributed by atoms with E-state index in [-0.39, 0.29) is 0 Å². The number of hydrogen-bond donors (Lipinski definition) is 6. The van der Waals surface area contributed by atoms with Crippen LogP contribution in [-0.4, -0.2) is 81.4 Å². The van der Waals surface area contributed by atoms with Gasteiger partial charge in [0, 0.05) is 66.4 Å². The summed E-state index contributed by atoms with van der Waals surface area (Å²) in [6, 6.07) is 28.6. The van der Waals surface area contributed by atoms with E-state index in [1.54, 1.807) is 12.1 Å². The normalized spacial score (nSPS) is 13.4. The van der Waals surface area contributed by atoms with E-state index in [0.717, 1.165) is 77.6 Å². The molecule has 7 rings (SSSR count). The Morgan fingerprint density at radius 1 is 0.479 bits per heavy atom. The van der Waals surface area contributed by atoms with Crippen molar-refractivity contribution in [3.05, 3.63) is 151 Å². The Balaban J connectivity index is 1.44. The molecular formula is C40H44N6O2+2. The highest BCUT2D eigenvalue weighted by atomic mass is 16.3. The highest BCUT2D eigenvalue weighted by molar-refractivity contribution is 5.80. The van der Waals surface area contributed by atoms with E-state index < -0.39 is 0 Å². The first-order valence-electron chi connectivity index (χ1n) is 16.2. The van der Waals surface area contributed by atoms with Crippen LogP contribution >= 0.6 is 0 Å². The lowest BCUT2D eigenvalue weighted by atomic mass is 9.99. The van der Waals surface area contributed by atoms with Crippen LogP contribution in [0.4, 0.5) is 0 Å². The fourth-order valence-corrected chi connectivity index (χ4v) is 6.57. The zero-order valence-corrected chi connectivity index (χ0v) is 28.4. The Morgan fingerprint density at radius 3 is 1.29 bits per heavy atom. The van der Waals surface area contributed by atoms with Gasteiger partial charge >= 0.3 is 0 Å². The van der Waals surface area contributed by atoms with Crippen molar-refractivity contribution in [2.75, 3.05) is 42.3 Å².